The van der Waals surface area contributed by atoms with Crippen molar-refractivity contribution in [2.75, 3.05) is 44.7 Å². The molecule has 0 bridgehead atoms. The number of hydrogen-bond acceptors (Lipinski definition) is 8. The maximum atomic E-state index is 11.4. The van der Waals surface area contributed by atoms with Crippen LogP contribution in [-0.2, 0) is 11.4 Å². The Morgan fingerprint density at radius 2 is 1.92 bits per heavy atom. The summed E-state index contributed by atoms with van der Waals surface area (Å²) in [7, 11) is 1.97. The highest BCUT2D eigenvalue weighted by Gasteiger charge is 2.27. The molecule has 36 heavy (non-hydrogen) atoms. The smallest absolute Gasteiger partial charge is 0.231 e. The first-order valence-electron chi connectivity index (χ1n) is 12.5. The largest absolute Gasteiger partial charge is 0.488 e. The van der Waals surface area contributed by atoms with E-state index in [4.69, 9.17) is 20.4 Å². The molecule has 0 saturated carbocycles. The summed E-state index contributed by atoms with van der Waals surface area (Å²) in [5, 5.41) is 0. The molecule has 2 N–H and O–H groups in total. The number of aryl methyl sites for hydroxylation is 2. The highest BCUT2D eigenvalue weighted by molar-refractivity contribution is 5.76. The summed E-state index contributed by atoms with van der Waals surface area (Å²) in [4.78, 5) is 32.2. The minimum atomic E-state index is -0.303. The lowest BCUT2D eigenvalue weighted by Gasteiger charge is -2.36. The molecule has 1 atom stereocenters. The van der Waals surface area contributed by atoms with Gasteiger partial charge in [0.05, 0.1) is 12.1 Å². The average Bonchev–Trinajstić information content (AvgIpc) is 2.84. The van der Waals surface area contributed by atoms with Crippen LogP contribution < -0.4 is 15.4 Å². The van der Waals surface area contributed by atoms with Crippen molar-refractivity contribution in [1.82, 2.24) is 19.8 Å². The lowest BCUT2D eigenvalue weighted by molar-refractivity contribution is -0.119. The number of carbonyl (C=O) groups is 1. The highest BCUT2D eigenvalue weighted by Crippen LogP contribution is 2.30. The fraction of sp³-hybridized carbons (Fsp3) is 0.481. The third-order valence-corrected chi connectivity index (χ3v) is 6.76. The zero-order valence-corrected chi connectivity index (χ0v) is 21.9. The number of nitrogens with zero attached hydrogens (tertiary/aromatic N) is 6. The number of hydrogen-bond donors (Lipinski definition) is 1. The molecule has 2 aliphatic rings. The maximum Gasteiger partial charge on any atom is 0.231 e. The van der Waals surface area contributed by atoms with Crippen LogP contribution in [0.25, 0.3) is 0 Å². The summed E-state index contributed by atoms with van der Waals surface area (Å²) in [5.41, 5.74) is 9.60. The van der Waals surface area contributed by atoms with Crippen LogP contribution in [0.5, 0.6) is 5.75 Å². The lowest BCUT2D eigenvalue weighted by Crippen LogP contribution is -2.49. The number of allylic oxidation sites excluding steroid dienone is 1. The normalized spacial score (nSPS) is 18.2. The van der Waals surface area contributed by atoms with Crippen LogP contribution in [0.3, 0.4) is 0 Å². The third kappa shape index (κ3) is 5.84. The SMILES string of the molecule is Cc1ccc(C(C)C)cc1OCc1c(C)nc(C2N=CC=CN2C)nc1N1CCN(CC(N)=O)CC1. The van der Waals surface area contributed by atoms with Gasteiger partial charge in [-0.15, -0.1) is 0 Å². The molecule has 0 aliphatic carbocycles. The monoisotopic (exact) mass is 491 g/mol. The average molecular weight is 492 g/mol. The van der Waals surface area contributed by atoms with Crippen LogP contribution in [0.4, 0.5) is 5.82 Å². The Labute approximate surface area is 213 Å². The number of aliphatic imine (C=N–C) groups is 1. The van der Waals surface area contributed by atoms with Crippen LogP contribution in [0, 0.1) is 13.8 Å². The van der Waals surface area contributed by atoms with Gasteiger partial charge in [0.1, 0.15) is 18.2 Å². The van der Waals surface area contributed by atoms with Gasteiger partial charge in [0.2, 0.25) is 5.91 Å². The minimum Gasteiger partial charge on any atom is -0.488 e. The summed E-state index contributed by atoms with van der Waals surface area (Å²) in [6.45, 7) is 12.0. The molecule has 2 aliphatic heterocycles. The van der Waals surface area contributed by atoms with E-state index in [0.717, 1.165) is 54.6 Å². The first kappa shape index (κ1) is 25.6. The van der Waals surface area contributed by atoms with Crippen molar-refractivity contribution < 1.29 is 9.53 Å². The Morgan fingerprint density at radius 1 is 1.17 bits per heavy atom. The number of nitrogens with two attached hydrogens (primary N) is 1. The number of benzene rings is 1. The Morgan fingerprint density at radius 3 is 2.58 bits per heavy atom. The van der Waals surface area contributed by atoms with Gasteiger partial charge in [-0.05, 0) is 43.0 Å². The summed E-state index contributed by atoms with van der Waals surface area (Å²) in [6.07, 6.45) is 5.38. The van der Waals surface area contributed by atoms with E-state index in [1.165, 1.54) is 5.56 Å². The molecular formula is C27H37N7O2. The van der Waals surface area contributed by atoms with E-state index >= 15 is 0 Å². The van der Waals surface area contributed by atoms with Crippen molar-refractivity contribution >= 4 is 17.9 Å². The second-order valence-electron chi connectivity index (χ2n) is 9.85. The van der Waals surface area contributed by atoms with Crippen molar-refractivity contribution in [2.24, 2.45) is 10.7 Å². The van der Waals surface area contributed by atoms with Crippen molar-refractivity contribution in [3.63, 3.8) is 0 Å². The fourth-order valence-electron chi connectivity index (χ4n) is 4.51. The summed E-state index contributed by atoms with van der Waals surface area (Å²) >= 11 is 0. The first-order valence-corrected chi connectivity index (χ1v) is 12.5. The maximum absolute atomic E-state index is 11.4. The molecule has 9 heteroatoms. The van der Waals surface area contributed by atoms with Gasteiger partial charge < -0.3 is 20.3 Å². The molecule has 1 fully saturated rings. The van der Waals surface area contributed by atoms with Crippen LogP contribution in [0.1, 0.15) is 54.1 Å². The molecule has 1 unspecified atom stereocenters. The molecule has 1 aromatic carbocycles. The zero-order chi connectivity index (χ0) is 25.8. The topological polar surface area (TPSA) is 100 Å². The second-order valence-corrected chi connectivity index (χ2v) is 9.85. The predicted octanol–water partition coefficient (Wildman–Crippen LogP) is 2.93. The van der Waals surface area contributed by atoms with Crippen LogP contribution in [-0.4, -0.2) is 71.7 Å². The Hall–Kier alpha value is -3.46. The number of aromatic nitrogens is 2. The summed E-state index contributed by atoms with van der Waals surface area (Å²) < 4.78 is 6.38. The molecule has 1 saturated heterocycles. The standard InChI is InChI=1S/C27H37N7O2/c1-18(2)21-8-7-19(3)23(15-21)36-17-22-20(4)30-25(27-29-9-6-10-32(27)5)31-26(22)34-13-11-33(12-14-34)16-24(28)35/h6-10,15,18,27H,11-14,16-17H2,1-5H3,(H2,28,35). The van der Waals surface area contributed by atoms with Crippen LogP contribution >= 0.6 is 0 Å². The Bertz CT molecular complexity index is 1150. The van der Waals surface area contributed by atoms with Gasteiger partial charge in [0.25, 0.3) is 0 Å². The van der Waals surface area contributed by atoms with Gasteiger partial charge in [-0.2, -0.15) is 0 Å². The second kappa shape index (κ2) is 11.1. The van der Waals surface area contributed by atoms with E-state index in [2.05, 4.69) is 53.8 Å². The van der Waals surface area contributed by atoms with Crippen molar-refractivity contribution in [3.8, 4) is 5.75 Å². The highest BCUT2D eigenvalue weighted by atomic mass is 16.5. The van der Waals surface area contributed by atoms with E-state index in [0.29, 0.717) is 18.3 Å². The van der Waals surface area contributed by atoms with E-state index in [-0.39, 0.29) is 18.6 Å². The number of piperazine rings is 1. The van der Waals surface area contributed by atoms with Gasteiger partial charge >= 0.3 is 0 Å². The van der Waals surface area contributed by atoms with Gasteiger partial charge in [-0.25, -0.2) is 9.97 Å². The van der Waals surface area contributed by atoms with E-state index in [1.807, 2.05) is 31.1 Å². The molecule has 2 aromatic rings. The molecule has 3 heterocycles. The fourth-order valence-corrected chi connectivity index (χ4v) is 4.51. The van der Waals surface area contributed by atoms with E-state index in [9.17, 15) is 4.79 Å². The molecule has 9 nitrogen and oxygen atoms in total. The van der Waals surface area contributed by atoms with Crippen LogP contribution in [0.2, 0.25) is 0 Å². The molecule has 192 valence electrons. The third-order valence-electron chi connectivity index (χ3n) is 6.76. The number of rotatable bonds is 8. The van der Waals surface area contributed by atoms with Gasteiger partial charge in [0, 0.05) is 51.3 Å². The Balaban J connectivity index is 1.64. The molecule has 0 spiro atoms. The van der Waals surface area contributed by atoms with Crippen LogP contribution in [0.15, 0.2) is 35.5 Å². The predicted molar refractivity (Wildman–Crippen MR) is 142 cm³/mol. The number of ether oxygens (including phenoxy) is 1. The van der Waals surface area contributed by atoms with Gasteiger partial charge in [0.15, 0.2) is 12.0 Å². The molecular weight excluding hydrogens is 454 g/mol. The zero-order valence-electron chi connectivity index (χ0n) is 21.9. The first-order chi connectivity index (χ1) is 17.2. The number of amides is 1. The quantitative estimate of drug-likeness (QED) is 0.606. The van der Waals surface area contributed by atoms with Crippen molar-refractivity contribution in [1.29, 1.82) is 0 Å². The van der Waals surface area contributed by atoms with Gasteiger partial charge in [-0.1, -0.05) is 26.0 Å². The number of anilines is 1. The summed E-state index contributed by atoms with van der Waals surface area (Å²) in [5.74, 6) is 2.53. The molecule has 1 amide bonds. The molecule has 4 rings (SSSR count). The summed E-state index contributed by atoms with van der Waals surface area (Å²) in [6, 6.07) is 6.40. The Kier molecular flexibility index (Phi) is 7.88. The van der Waals surface area contributed by atoms with Crippen molar-refractivity contribution in [2.45, 2.75) is 46.4 Å². The minimum absolute atomic E-state index is 0.275. The molecule has 1 aromatic heterocycles. The molecule has 0 radical (unpaired) electrons. The van der Waals surface area contributed by atoms with Crippen molar-refractivity contribution in [3.05, 3.63) is 58.7 Å². The van der Waals surface area contributed by atoms with E-state index < -0.39 is 0 Å². The number of primary amides is 1. The van der Waals surface area contributed by atoms with Gasteiger partial charge in [-0.3, -0.25) is 14.7 Å². The number of carbonyl (C=O) groups excluding carboxylic acids is 1. The van der Waals surface area contributed by atoms with E-state index in [1.54, 1.807) is 6.21 Å². The lowest BCUT2D eigenvalue weighted by atomic mass is 10.0.